The maximum Gasteiger partial charge on any atom is 0.126 e. The van der Waals surface area contributed by atoms with Crippen LogP contribution in [-0.4, -0.2) is 12.4 Å². The quantitative estimate of drug-likeness (QED) is 0.583. The largest absolute Gasteiger partial charge is 0.311 e. The Morgan fingerprint density at radius 1 is 1.46 bits per heavy atom. The van der Waals surface area contributed by atoms with Gasteiger partial charge in [0.25, 0.3) is 0 Å². The maximum atomic E-state index is 12.8. The van der Waals surface area contributed by atoms with Crippen molar-refractivity contribution in [2.75, 3.05) is 12.4 Å². The van der Waals surface area contributed by atoms with Crippen molar-refractivity contribution in [3.8, 4) is 0 Å². The minimum Gasteiger partial charge on any atom is -0.311 e. The van der Waals surface area contributed by atoms with Crippen molar-refractivity contribution in [1.82, 2.24) is 5.32 Å². The summed E-state index contributed by atoms with van der Waals surface area (Å²) < 4.78 is 12.8. The maximum absolute atomic E-state index is 12.8. The van der Waals surface area contributed by atoms with Gasteiger partial charge in [-0.2, -0.15) is 0 Å². The first kappa shape index (κ1) is 10.5. The molecule has 0 amide bonds. The van der Waals surface area contributed by atoms with Gasteiger partial charge in [0, 0.05) is 19.0 Å². The van der Waals surface area contributed by atoms with Crippen LogP contribution in [0, 0.1) is 12.7 Å². The summed E-state index contributed by atoms with van der Waals surface area (Å²) >= 11 is 5.50. The zero-order valence-electron chi connectivity index (χ0n) is 7.61. The highest BCUT2D eigenvalue weighted by atomic mass is 35.5. The molecule has 1 aromatic carbocycles. The number of halogens is 2. The molecule has 0 spiro atoms. The van der Waals surface area contributed by atoms with Gasteiger partial charge in [0.1, 0.15) is 5.82 Å². The second kappa shape index (κ2) is 5.20. The molecule has 0 atom stereocenters. The van der Waals surface area contributed by atoms with Crippen molar-refractivity contribution in [3.63, 3.8) is 0 Å². The van der Waals surface area contributed by atoms with E-state index in [0.29, 0.717) is 11.4 Å². The minimum atomic E-state index is -0.152. The highest BCUT2D eigenvalue weighted by Crippen LogP contribution is 2.08. The Hall–Kier alpha value is -0.600. The molecular formula is C10H13ClFN. The molecule has 0 aromatic heterocycles. The third-order valence-corrected chi connectivity index (χ3v) is 2.01. The summed E-state index contributed by atoms with van der Waals surface area (Å²) in [5, 5.41) is 3.14. The number of hydrogen-bond donors (Lipinski definition) is 1. The van der Waals surface area contributed by atoms with Gasteiger partial charge in [-0.1, -0.05) is 12.1 Å². The lowest BCUT2D eigenvalue weighted by Gasteiger charge is -2.04. The molecule has 0 aliphatic rings. The van der Waals surface area contributed by atoms with E-state index < -0.39 is 0 Å². The van der Waals surface area contributed by atoms with Crippen molar-refractivity contribution in [2.45, 2.75) is 13.5 Å². The summed E-state index contributed by atoms with van der Waals surface area (Å²) in [5.41, 5.74) is 1.77. The molecule has 0 saturated heterocycles. The van der Waals surface area contributed by atoms with Crippen molar-refractivity contribution in [2.24, 2.45) is 0 Å². The molecule has 0 aliphatic heterocycles. The predicted octanol–water partition coefficient (Wildman–Crippen LogP) is 2.46. The van der Waals surface area contributed by atoms with Crippen LogP contribution < -0.4 is 5.32 Å². The topological polar surface area (TPSA) is 12.0 Å². The number of alkyl halides is 1. The van der Waals surface area contributed by atoms with Gasteiger partial charge in [-0.05, 0) is 24.1 Å². The van der Waals surface area contributed by atoms with Crippen LogP contribution in [0.4, 0.5) is 4.39 Å². The molecule has 0 aliphatic carbocycles. The average Bonchev–Trinajstić information content (AvgIpc) is 2.12. The first-order valence-corrected chi connectivity index (χ1v) is 4.79. The average molecular weight is 202 g/mol. The zero-order valence-corrected chi connectivity index (χ0v) is 8.37. The summed E-state index contributed by atoms with van der Waals surface area (Å²) in [7, 11) is 0. The summed E-state index contributed by atoms with van der Waals surface area (Å²) in [6.45, 7) is 3.28. The Kier molecular flexibility index (Phi) is 4.19. The van der Waals surface area contributed by atoms with Gasteiger partial charge in [-0.25, -0.2) is 4.39 Å². The molecule has 0 saturated carbocycles. The minimum absolute atomic E-state index is 0.152. The Morgan fingerprint density at radius 2 is 2.23 bits per heavy atom. The number of benzene rings is 1. The lowest BCUT2D eigenvalue weighted by Crippen LogP contribution is -2.15. The molecule has 1 rings (SSSR count). The molecule has 13 heavy (non-hydrogen) atoms. The van der Waals surface area contributed by atoms with E-state index in [2.05, 4.69) is 5.32 Å². The van der Waals surface area contributed by atoms with Crippen LogP contribution in [0.3, 0.4) is 0 Å². The van der Waals surface area contributed by atoms with Gasteiger partial charge in [0.05, 0.1) is 0 Å². The van der Waals surface area contributed by atoms with E-state index in [4.69, 9.17) is 11.6 Å². The summed E-state index contributed by atoms with van der Waals surface area (Å²) in [5.74, 6) is 0.446. The molecular weight excluding hydrogens is 189 g/mol. The molecule has 1 aromatic rings. The third kappa shape index (κ3) is 3.33. The monoisotopic (exact) mass is 201 g/mol. The van der Waals surface area contributed by atoms with E-state index in [9.17, 15) is 4.39 Å². The first-order valence-electron chi connectivity index (χ1n) is 4.25. The van der Waals surface area contributed by atoms with E-state index in [1.165, 1.54) is 6.07 Å². The standard InChI is InChI=1S/C10H13ClFN/c1-8-6-9(2-3-10(8)12)7-13-5-4-11/h2-3,6,13H,4-5,7H2,1H3. The van der Waals surface area contributed by atoms with Gasteiger partial charge < -0.3 is 5.32 Å². The lowest BCUT2D eigenvalue weighted by atomic mass is 10.1. The van der Waals surface area contributed by atoms with Gasteiger partial charge in [0.15, 0.2) is 0 Å². The van der Waals surface area contributed by atoms with Crippen LogP contribution in [0.1, 0.15) is 11.1 Å². The van der Waals surface area contributed by atoms with Crippen LogP contribution in [0.5, 0.6) is 0 Å². The molecule has 3 heteroatoms. The SMILES string of the molecule is Cc1cc(CNCCCl)ccc1F. The zero-order chi connectivity index (χ0) is 9.68. The van der Waals surface area contributed by atoms with Gasteiger partial charge in [0.2, 0.25) is 0 Å². The van der Waals surface area contributed by atoms with Crippen molar-refractivity contribution < 1.29 is 4.39 Å². The summed E-state index contributed by atoms with van der Waals surface area (Å²) in [4.78, 5) is 0. The van der Waals surface area contributed by atoms with Crippen molar-refractivity contribution in [3.05, 3.63) is 35.1 Å². The van der Waals surface area contributed by atoms with Crippen LogP contribution in [0.15, 0.2) is 18.2 Å². The second-order valence-corrected chi connectivity index (χ2v) is 3.33. The van der Waals surface area contributed by atoms with Crippen molar-refractivity contribution in [1.29, 1.82) is 0 Å². The van der Waals surface area contributed by atoms with Crippen molar-refractivity contribution >= 4 is 11.6 Å². The van der Waals surface area contributed by atoms with Gasteiger partial charge in [-0.3, -0.25) is 0 Å². The van der Waals surface area contributed by atoms with Crippen LogP contribution in [0.25, 0.3) is 0 Å². The van der Waals surface area contributed by atoms with E-state index in [0.717, 1.165) is 18.7 Å². The number of nitrogens with one attached hydrogen (secondary N) is 1. The van der Waals surface area contributed by atoms with Gasteiger partial charge in [-0.15, -0.1) is 11.6 Å². The second-order valence-electron chi connectivity index (χ2n) is 2.95. The highest BCUT2D eigenvalue weighted by Gasteiger charge is 1.97. The molecule has 1 nitrogen and oxygen atoms in total. The molecule has 72 valence electrons. The predicted molar refractivity (Wildman–Crippen MR) is 53.6 cm³/mol. The highest BCUT2D eigenvalue weighted by molar-refractivity contribution is 6.18. The fourth-order valence-electron chi connectivity index (χ4n) is 1.12. The van der Waals surface area contributed by atoms with E-state index in [1.807, 2.05) is 6.07 Å². The Labute approximate surface area is 82.9 Å². The number of hydrogen-bond acceptors (Lipinski definition) is 1. The lowest BCUT2D eigenvalue weighted by molar-refractivity contribution is 0.616. The van der Waals surface area contributed by atoms with E-state index in [-0.39, 0.29) is 5.82 Å². The molecule has 1 N–H and O–H groups in total. The summed E-state index contributed by atoms with van der Waals surface area (Å²) in [6, 6.07) is 5.12. The third-order valence-electron chi connectivity index (χ3n) is 1.82. The smallest absolute Gasteiger partial charge is 0.126 e. The van der Waals surface area contributed by atoms with Crippen LogP contribution in [-0.2, 0) is 6.54 Å². The molecule has 0 heterocycles. The molecule has 0 radical (unpaired) electrons. The van der Waals surface area contributed by atoms with Crippen LogP contribution >= 0.6 is 11.6 Å². The first-order chi connectivity index (χ1) is 6.24. The normalized spacial score (nSPS) is 10.4. The fraction of sp³-hybridized carbons (Fsp3) is 0.400. The molecule has 0 fully saturated rings. The van der Waals surface area contributed by atoms with Gasteiger partial charge >= 0.3 is 0 Å². The van der Waals surface area contributed by atoms with Crippen LogP contribution in [0.2, 0.25) is 0 Å². The Bertz CT molecular complexity index is 276. The van der Waals surface area contributed by atoms with E-state index >= 15 is 0 Å². The number of aryl methyl sites for hydroxylation is 1. The molecule has 0 unspecified atom stereocenters. The fourth-order valence-corrected chi connectivity index (χ4v) is 1.25. The number of rotatable bonds is 4. The Balaban J connectivity index is 2.53. The molecule has 0 bridgehead atoms. The summed E-state index contributed by atoms with van der Waals surface area (Å²) in [6.07, 6.45) is 0. The Morgan fingerprint density at radius 3 is 2.85 bits per heavy atom. The van der Waals surface area contributed by atoms with E-state index in [1.54, 1.807) is 13.0 Å².